The van der Waals surface area contributed by atoms with Crippen molar-refractivity contribution < 1.29 is 0 Å². The van der Waals surface area contributed by atoms with Gasteiger partial charge in [0.15, 0.2) is 0 Å². The summed E-state index contributed by atoms with van der Waals surface area (Å²) in [6.45, 7) is 0. The maximum Gasteiger partial charge on any atom is 0.0991 e. The summed E-state index contributed by atoms with van der Waals surface area (Å²) >= 11 is 0. The topological polar surface area (TPSA) is 36.7 Å². The summed E-state index contributed by atoms with van der Waals surface area (Å²) in [6.07, 6.45) is 5.90. The fourth-order valence-corrected chi connectivity index (χ4v) is 2.20. The van der Waals surface area contributed by atoms with Crippen LogP contribution in [0.1, 0.15) is 16.7 Å². The molecule has 0 amide bonds. The molecule has 0 atom stereocenters. The SMILES string of the molecule is N#Cc1ccc(/C=C/c2cccc(-c3ccccn3)c2)cc1. The van der Waals surface area contributed by atoms with Crippen molar-refractivity contribution in [1.29, 1.82) is 5.26 Å². The van der Waals surface area contributed by atoms with Crippen molar-refractivity contribution in [3.05, 3.63) is 89.6 Å². The molecule has 104 valence electrons. The Hall–Kier alpha value is -3.18. The summed E-state index contributed by atoms with van der Waals surface area (Å²) in [5.74, 6) is 0. The average Bonchev–Trinajstić information content (AvgIpc) is 2.61. The molecule has 2 heteroatoms. The predicted octanol–water partition coefficient (Wildman–Crippen LogP) is 4.79. The number of aromatic nitrogens is 1. The molecule has 0 aliphatic rings. The first kappa shape index (κ1) is 13.8. The normalized spacial score (nSPS) is 10.5. The van der Waals surface area contributed by atoms with Crippen LogP contribution in [0.5, 0.6) is 0 Å². The van der Waals surface area contributed by atoms with Gasteiger partial charge in [0.25, 0.3) is 0 Å². The van der Waals surface area contributed by atoms with Crippen LogP contribution in [0.2, 0.25) is 0 Å². The molecular formula is C20H14N2. The smallest absolute Gasteiger partial charge is 0.0991 e. The summed E-state index contributed by atoms with van der Waals surface area (Å²) in [5, 5.41) is 8.80. The van der Waals surface area contributed by atoms with E-state index in [1.807, 2.05) is 54.6 Å². The van der Waals surface area contributed by atoms with E-state index in [1.54, 1.807) is 6.20 Å². The molecule has 0 bridgehead atoms. The molecule has 22 heavy (non-hydrogen) atoms. The maximum absolute atomic E-state index is 8.80. The first-order valence-corrected chi connectivity index (χ1v) is 7.05. The van der Waals surface area contributed by atoms with Gasteiger partial charge in [-0.2, -0.15) is 5.26 Å². The standard InChI is InChI=1S/C20H14N2/c21-15-18-11-8-16(9-12-18)7-10-17-4-3-5-19(14-17)20-6-1-2-13-22-20/h1-14H/b10-7+. The van der Waals surface area contributed by atoms with Crippen molar-refractivity contribution in [2.75, 3.05) is 0 Å². The van der Waals surface area contributed by atoms with E-state index in [9.17, 15) is 0 Å². The summed E-state index contributed by atoms with van der Waals surface area (Å²) in [5.41, 5.74) is 4.93. The van der Waals surface area contributed by atoms with Crippen LogP contribution in [-0.2, 0) is 0 Å². The van der Waals surface area contributed by atoms with Crippen molar-refractivity contribution in [3.63, 3.8) is 0 Å². The Bertz CT molecular complexity index is 826. The lowest BCUT2D eigenvalue weighted by molar-refractivity contribution is 1.33. The lowest BCUT2D eigenvalue weighted by Gasteiger charge is -2.02. The summed E-state index contributed by atoms with van der Waals surface area (Å²) in [4.78, 5) is 4.37. The third-order valence-corrected chi connectivity index (χ3v) is 3.36. The molecule has 2 aromatic carbocycles. The monoisotopic (exact) mass is 282 g/mol. The number of rotatable bonds is 3. The Morgan fingerprint density at radius 1 is 0.818 bits per heavy atom. The largest absolute Gasteiger partial charge is 0.256 e. The van der Waals surface area contributed by atoms with Gasteiger partial charge in [0, 0.05) is 11.8 Å². The van der Waals surface area contributed by atoms with Gasteiger partial charge in [-0.3, -0.25) is 4.98 Å². The van der Waals surface area contributed by atoms with E-state index in [2.05, 4.69) is 35.3 Å². The molecule has 1 aromatic heterocycles. The number of hydrogen-bond acceptors (Lipinski definition) is 2. The minimum atomic E-state index is 0.675. The van der Waals surface area contributed by atoms with Crippen molar-refractivity contribution >= 4 is 12.2 Å². The van der Waals surface area contributed by atoms with Crippen LogP contribution in [-0.4, -0.2) is 4.98 Å². The molecule has 3 rings (SSSR count). The highest BCUT2D eigenvalue weighted by atomic mass is 14.7. The molecule has 0 spiro atoms. The Labute approximate surface area is 130 Å². The van der Waals surface area contributed by atoms with E-state index in [1.165, 1.54) is 0 Å². The van der Waals surface area contributed by atoms with Crippen molar-refractivity contribution in [1.82, 2.24) is 4.98 Å². The Morgan fingerprint density at radius 2 is 1.64 bits per heavy atom. The van der Waals surface area contributed by atoms with Crippen molar-refractivity contribution in [2.24, 2.45) is 0 Å². The van der Waals surface area contributed by atoms with Gasteiger partial charge in [0.05, 0.1) is 17.3 Å². The van der Waals surface area contributed by atoms with E-state index >= 15 is 0 Å². The van der Waals surface area contributed by atoms with Gasteiger partial charge in [0.1, 0.15) is 0 Å². The van der Waals surface area contributed by atoms with E-state index in [4.69, 9.17) is 5.26 Å². The minimum Gasteiger partial charge on any atom is -0.256 e. The summed E-state index contributed by atoms with van der Waals surface area (Å²) in [7, 11) is 0. The molecule has 0 saturated carbocycles. The molecule has 0 unspecified atom stereocenters. The molecule has 0 aliphatic heterocycles. The quantitative estimate of drug-likeness (QED) is 0.647. The predicted molar refractivity (Wildman–Crippen MR) is 89.8 cm³/mol. The Balaban J connectivity index is 1.83. The second-order valence-electron chi connectivity index (χ2n) is 4.91. The summed E-state index contributed by atoms with van der Waals surface area (Å²) in [6, 6.07) is 23.8. The van der Waals surface area contributed by atoms with Gasteiger partial charge < -0.3 is 0 Å². The highest BCUT2D eigenvalue weighted by molar-refractivity contribution is 5.73. The highest BCUT2D eigenvalue weighted by Crippen LogP contribution is 2.19. The minimum absolute atomic E-state index is 0.675. The van der Waals surface area contributed by atoms with Crippen LogP contribution in [0, 0.1) is 11.3 Å². The van der Waals surface area contributed by atoms with E-state index in [0.29, 0.717) is 5.56 Å². The third kappa shape index (κ3) is 3.28. The summed E-state index contributed by atoms with van der Waals surface area (Å²) < 4.78 is 0. The zero-order valence-electron chi connectivity index (χ0n) is 12.0. The van der Waals surface area contributed by atoms with Gasteiger partial charge in [-0.15, -0.1) is 0 Å². The van der Waals surface area contributed by atoms with Crippen LogP contribution in [0.3, 0.4) is 0 Å². The zero-order chi connectivity index (χ0) is 15.2. The van der Waals surface area contributed by atoms with Crippen molar-refractivity contribution in [2.45, 2.75) is 0 Å². The first-order valence-electron chi connectivity index (χ1n) is 7.05. The Morgan fingerprint density at radius 3 is 2.36 bits per heavy atom. The van der Waals surface area contributed by atoms with Gasteiger partial charge in [-0.1, -0.05) is 48.6 Å². The van der Waals surface area contributed by atoms with Crippen LogP contribution in [0.15, 0.2) is 72.9 Å². The molecule has 0 aliphatic carbocycles. The Kier molecular flexibility index (Phi) is 4.08. The lowest BCUT2D eigenvalue weighted by Crippen LogP contribution is -1.82. The van der Waals surface area contributed by atoms with Gasteiger partial charge in [0.2, 0.25) is 0 Å². The first-order chi connectivity index (χ1) is 10.8. The van der Waals surface area contributed by atoms with E-state index in [0.717, 1.165) is 22.4 Å². The maximum atomic E-state index is 8.80. The van der Waals surface area contributed by atoms with Gasteiger partial charge in [-0.05, 0) is 41.5 Å². The molecule has 0 saturated heterocycles. The van der Waals surface area contributed by atoms with E-state index < -0.39 is 0 Å². The second-order valence-corrected chi connectivity index (χ2v) is 4.91. The number of nitrogens with zero attached hydrogens (tertiary/aromatic N) is 2. The highest BCUT2D eigenvalue weighted by Gasteiger charge is 1.98. The van der Waals surface area contributed by atoms with Crippen LogP contribution in [0.4, 0.5) is 0 Å². The lowest BCUT2D eigenvalue weighted by atomic mass is 10.1. The third-order valence-electron chi connectivity index (χ3n) is 3.36. The zero-order valence-corrected chi connectivity index (χ0v) is 12.0. The van der Waals surface area contributed by atoms with Crippen LogP contribution < -0.4 is 0 Å². The number of pyridine rings is 1. The van der Waals surface area contributed by atoms with Crippen molar-refractivity contribution in [3.8, 4) is 17.3 Å². The molecule has 0 fully saturated rings. The molecule has 1 heterocycles. The number of hydrogen-bond donors (Lipinski definition) is 0. The molecule has 3 aromatic rings. The van der Waals surface area contributed by atoms with Gasteiger partial charge >= 0.3 is 0 Å². The van der Waals surface area contributed by atoms with Crippen LogP contribution >= 0.6 is 0 Å². The fraction of sp³-hybridized carbons (Fsp3) is 0. The molecule has 2 nitrogen and oxygen atoms in total. The van der Waals surface area contributed by atoms with Crippen LogP contribution in [0.25, 0.3) is 23.4 Å². The van der Waals surface area contributed by atoms with E-state index in [-0.39, 0.29) is 0 Å². The second kappa shape index (κ2) is 6.51. The number of benzene rings is 2. The average molecular weight is 282 g/mol. The fourth-order valence-electron chi connectivity index (χ4n) is 2.20. The molecule has 0 radical (unpaired) electrons. The molecule has 0 N–H and O–H groups in total. The number of nitriles is 1. The molecular weight excluding hydrogens is 268 g/mol. The van der Waals surface area contributed by atoms with Gasteiger partial charge in [-0.25, -0.2) is 0 Å².